The zero-order valence-electron chi connectivity index (χ0n) is 10.5. The molecule has 0 amide bonds. The summed E-state index contributed by atoms with van der Waals surface area (Å²) >= 11 is 0. The molecule has 0 bridgehead atoms. The van der Waals surface area contributed by atoms with Gasteiger partial charge in [-0.05, 0) is 18.4 Å². The Morgan fingerprint density at radius 3 is 2.35 bits per heavy atom. The molecule has 1 aromatic carbocycles. The Morgan fingerprint density at radius 2 is 1.71 bits per heavy atom. The van der Waals surface area contributed by atoms with Crippen molar-refractivity contribution in [2.75, 3.05) is 6.61 Å². The average Bonchev–Trinajstić information content (AvgIpc) is 2.65. The predicted molar refractivity (Wildman–Crippen MR) is 70.8 cm³/mol. The zero-order valence-corrected chi connectivity index (χ0v) is 10.5. The van der Waals surface area contributed by atoms with Crippen molar-refractivity contribution in [3.05, 3.63) is 35.9 Å². The minimum Gasteiger partial charge on any atom is -0.376 e. The van der Waals surface area contributed by atoms with Crippen molar-refractivity contribution in [1.29, 1.82) is 0 Å². The second kappa shape index (κ2) is 6.77. The van der Waals surface area contributed by atoms with Crippen LogP contribution in [0.2, 0.25) is 0 Å². The van der Waals surface area contributed by atoms with Gasteiger partial charge in [0.05, 0.1) is 18.8 Å². The van der Waals surface area contributed by atoms with Crippen LogP contribution in [0.1, 0.15) is 50.1 Å². The van der Waals surface area contributed by atoms with Crippen LogP contribution in [0.15, 0.2) is 30.3 Å². The van der Waals surface area contributed by atoms with Crippen molar-refractivity contribution in [3.63, 3.8) is 0 Å². The second-order valence-electron chi connectivity index (χ2n) is 4.96. The van der Waals surface area contributed by atoms with Gasteiger partial charge in [0, 0.05) is 0 Å². The second-order valence-corrected chi connectivity index (χ2v) is 4.96. The van der Waals surface area contributed by atoms with Crippen LogP contribution in [-0.2, 0) is 4.74 Å². The van der Waals surface area contributed by atoms with E-state index in [0.29, 0.717) is 12.7 Å². The summed E-state index contributed by atoms with van der Waals surface area (Å²) in [5.74, 6) is 0. The highest BCUT2D eigenvalue weighted by atomic mass is 16.5. The van der Waals surface area contributed by atoms with E-state index in [0.717, 1.165) is 0 Å². The fourth-order valence-electron chi connectivity index (χ4n) is 2.44. The number of ether oxygens (including phenoxy) is 1. The summed E-state index contributed by atoms with van der Waals surface area (Å²) in [6, 6.07) is 10.2. The third-order valence-electron chi connectivity index (χ3n) is 3.54. The van der Waals surface area contributed by atoms with Crippen molar-refractivity contribution < 1.29 is 4.74 Å². The SMILES string of the molecule is NC(COC1CCCCCC1)c1ccccc1. The van der Waals surface area contributed by atoms with Crippen molar-refractivity contribution in [3.8, 4) is 0 Å². The third kappa shape index (κ3) is 4.14. The van der Waals surface area contributed by atoms with Crippen molar-refractivity contribution >= 4 is 0 Å². The lowest BCUT2D eigenvalue weighted by Crippen LogP contribution is -2.22. The summed E-state index contributed by atoms with van der Waals surface area (Å²) in [5, 5.41) is 0. The molecule has 2 N–H and O–H groups in total. The van der Waals surface area contributed by atoms with E-state index >= 15 is 0 Å². The number of hydrogen-bond donors (Lipinski definition) is 1. The van der Waals surface area contributed by atoms with Crippen LogP contribution in [0.3, 0.4) is 0 Å². The van der Waals surface area contributed by atoms with Crippen molar-refractivity contribution in [2.24, 2.45) is 5.73 Å². The van der Waals surface area contributed by atoms with E-state index in [-0.39, 0.29) is 6.04 Å². The van der Waals surface area contributed by atoms with Crippen LogP contribution < -0.4 is 5.73 Å². The van der Waals surface area contributed by atoms with Crippen molar-refractivity contribution in [1.82, 2.24) is 0 Å². The van der Waals surface area contributed by atoms with Crippen LogP contribution in [0.25, 0.3) is 0 Å². The molecule has 0 aliphatic heterocycles. The topological polar surface area (TPSA) is 35.2 Å². The molecule has 2 rings (SSSR count). The van der Waals surface area contributed by atoms with E-state index in [1.54, 1.807) is 0 Å². The van der Waals surface area contributed by atoms with Gasteiger partial charge in [-0.1, -0.05) is 56.0 Å². The van der Waals surface area contributed by atoms with Gasteiger partial charge in [-0.15, -0.1) is 0 Å². The van der Waals surface area contributed by atoms with Gasteiger partial charge < -0.3 is 10.5 Å². The van der Waals surface area contributed by atoms with E-state index in [1.807, 2.05) is 18.2 Å². The Labute approximate surface area is 104 Å². The molecule has 0 radical (unpaired) electrons. The van der Waals surface area contributed by atoms with Crippen LogP contribution in [0.5, 0.6) is 0 Å². The summed E-state index contributed by atoms with van der Waals surface area (Å²) < 4.78 is 5.95. The lowest BCUT2D eigenvalue weighted by molar-refractivity contribution is 0.0345. The van der Waals surface area contributed by atoms with Crippen LogP contribution in [0, 0.1) is 0 Å². The van der Waals surface area contributed by atoms with Gasteiger partial charge in [0.2, 0.25) is 0 Å². The molecule has 0 spiro atoms. The summed E-state index contributed by atoms with van der Waals surface area (Å²) in [6.45, 7) is 0.648. The van der Waals surface area contributed by atoms with Gasteiger partial charge in [-0.3, -0.25) is 0 Å². The van der Waals surface area contributed by atoms with Crippen LogP contribution >= 0.6 is 0 Å². The maximum atomic E-state index is 6.13. The lowest BCUT2D eigenvalue weighted by Gasteiger charge is -2.19. The first-order valence-electron chi connectivity index (χ1n) is 6.78. The molecule has 1 aromatic rings. The Morgan fingerprint density at radius 1 is 1.06 bits per heavy atom. The highest BCUT2D eigenvalue weighted by Gasteiger charge is 2.14. The molecule has 17 heavy (non-hydrogen) atoms. The smallest absolute Gasteiger partial charge is 0.0663 e. The van der Waals surface area contributed by atoms with Crippen LogP contribution in [-0.4, -0.2) is 12.7 Å². The average molecular weight is 233 g/mol. The Kier molecular flexibility index (Phi) is 5.02. The largest absolute Gasteiger partial charge is 0.376 e. The number of benzene rings is 1. The summed E-state index contributed by atoms with van der Waals surface area (Å²) in [4.78, 5) is 0. The normalized spacial score (nSPS) is 19.8. The molecule has 0 heterocycles. The van der Waals surface area contributed by atoms with Gasteiger partial charge in [-0.25, -0.2) is 0 Å². The van der Waals surface area contributed by atoms with Crippen LogP contribution in [0.4, 0.5) is 0 Å². The number of nitrogens with two attached hydrogens (primary N) is 1. The van der Waals surface area contributed by atoms with E-state index in [2.05, 4.69) is 12.1 Å². The molecule has 1 unspecified atom stereocenters. The van der Waals surface area contributed by atoms with Gasteiger partial charge in [0.25, 0.3) is 0 Å². The summed E-state index contributed by atoms with van der Waals surface area (Å²) in [5.41, 5.74) is 7.29. The van der Waals surface area contributed by atoms with Crippen molar-refractivity contribution in [2.45, 2.75) is 50.7 Å². The standard InChI is InChI=1S/C15H23NO/c16-15(13-8-4-3-5-9-13)12-17-14-10-6-1-2-7-11-14/h3-5,8-9,14-15H,1-2,6-7,10-12,16H2. The third-order valence-corrected chi connectivity index (χ3v) is 3.54. The molecule has 1 saturated carbocycles. The van der Waals surface area contributed by atoms with Gasteiger partial charge in [0.15, 0.2) is 0 Å². The maximum Gasteiger partial charge on any atom is 0.0663 e. The molecule has 1 aliphatic rings. The molecule has 1 atom stereocenters. The maximum absolute atomic E-state index is 6.13. The molecule has 1 aliphatic carbocycles. The fraction of sp³-hybridized carbons (Fsp3) is 0.600. The molecule has 94 valence electrons. The Balaban J connectivity index is 1.77. The number of rotatable bonds is 4. The number of hydrogen-bond acceptors (Lipinski definition) is 2. The fourth-order valence-corrected chi connectivity index (χ4v) is 2.44. The van der Waals surface area contributed by atoms with Gasteiger partial charge >= 0.3 is 0 Å². The highest BCUT2D eigenvalue weighted by molar-refractivity contribution is 5.18. The van der Waals surface area contributed by atoms with Gasteiger partial charge in [-0.2, -0.15) is 0 Å². The summed E-state index contributed by atoms with van der Waals surface area (Å²) in [6.07, 6.45) is 8.21. The molecular formula is C15H23NO. The molecular weight excluding hydrogens is 210 g/mol. The molecule has 0 aromatic heterocycles. The molecule has 2 nitrogen and oxygen atoms in total. The van der Waals surface area contributed by atoms with E-state index in [4.69, 9.17) is 10.5 Å². The molecule has 1 fully saturated rings. The first-order chi connectivity index (χ1) is 8.36. The predicted octanol–water partition coefficient (Wildman–Crippen LogP) is 3.43. The van der Waals surface area contributed by atoms with E-state index in [1.165, 1.54) is 44.1 Å². The van der Waals surface area contributed by atoms with E-state index < -0.39 is 0 Å². The molecule has 0 saturated heterocycles. The minimum absolute atomic E-state index is 0.0134. The quantitative estimate of drug-likeness (QED) is 0.809. The lowest BCUT2D eigenvalue weighted by atomic mass is 10.1. The highest BCUT2D eigenvalue weighted by Crippen LogP contribution is 2.21. The Hall–Kier alpha value is -0.860. The first kappa shape index (κ1) is 12.6. The Bertz CT molecular complexity index is 304. The first-order valence-corrected chi connectivity index (χ1v) is 6.78. The monoisotopic (exact) mass is 233 g/mol. The molecule has 2 heteroatoms. The van der Waals surface area contributed by atoms with Gasteiger partial charge in [0.1, 0.15) is 0 Å². The van der Waals surface area contributed by atoms with E-state index in [9.17, 15) is 0 Å². The summed E-state index contributed by atoms with van der Waals surface area (Å²) in [7, 11) is 0. The minimum atomic E-state index is 0.0134. The zero-order chi connectivity index (χ0) is 11.9.